The van der Waals surface area contributed by atoms with Gasteiger partial charge in [-0.3, -0.25) is 9.59 Å². The van der Waals surface area contributed by atoms with E-state index in [2.05, 4.69) is 26.0 Å². The minimum Gasteiger partial charge on any atom is -0.462 e. The minimum absolute atomic E-state index is 0.00937. The summed E-state index contributed by atoms with van der Waals surface area (Å²) in [5.41, 5.74) is -0.190. The Bertz CT molecular complexity index is 3990. The lowest BCUT2D eigenvalue weighted by Gasteiger charge is -2.51. The molecular formula is C95H146O28. The van der Waals surface area contributed by atoms with Crippen LogP contribution in [0.1, 0.15) is 212 Å². The minimum atomic E-state index is -1.90. The van der Waals surface area contributed by atoms with Gasteiger partial charge in [0.25, 0.3) is 0 Å². The van der Waals surface area contributed by atoms with Gasteiger partial charge in [0.1, 0.15) is 84.1 Å². The molecule has 28 heteroatoms. The van der Waals surface area contributed by atoms with Crippen LogP contribution in [0, 0.1) is 47.3 Å². The molecule has 123 heavy (non-hydrogen) atoms. The molecule has 10 saturated heterocycles. The molecule has 0 aromatic rings. The van der Waals surface area contributed by atoms with Gasteiger partial charge in [0.15, 0.2) is 36.7 Å². The molecule has 14 rings (SSSR count). The van der Waals surface area contributed by atoms with Gasteiger partial charge in [0.05, 0.1) is 98.7 Å². The molecule has 0 amide bonds. The number of methoxy groups -OCH3 is 4. The van der Waals surface area contributed by atoms with E-state index < -0.39 is 232 Å². The summed E-state index contributed by atoms with van der Waals surface area (Å²) in [5, 5.41) is 68.5. The monoisotopic (exact) mass is 1740 g/mol. The molecular weight excluding hydrogens is 1590 g/mol. The zero-order valence-corrected chi connectivity index (χ0v) is 75.7. The van der Waals surface area contributed by atoms with E-state index >= 15 is 0 Å². The van der Waals surface area contributed by atoms with Gasteiger partial charge >= 0.3 is 11.9 Å². The average molecular weight is 1740 g/mol. The summed E-state index contributed by atoms with van der Waals surface area (Å²) in [5.74, 6) is -7.59. The summed E-state index contributed by atoms with van der Waals surface area (Å²) in [7, 11) is 6.38. The quantitative estimate of drug-likeness (QED) is 0.0655. The van der Waals surface area contributed by atoms with E-state index in [4.69, 9.17) is 96.1 Å². The number of carbonyl (C=O) groups is 2. The first-order chi connectivity index (χ1) is 60.2. The van der Waals surface area contributed by atoms with E-state index in [9.17, 15) is 44.3 Å². The lowest BCUT2D eigenvalue weighted by molar-refractivity contribution is -0.341. The fraction of sp³-hybridized carbons (Fsp3) is 0.811. The predicted octanol–water partition coefficient (Wildman–Crippen LogP) is 10.8. The number of esters is 2. The van der Waals surface area contributed by atoms with Crippen LogP contribution < -0.4 is 0 Å². The van der Waals surface area contributed by atoms with Gasteiger partial charge < -0.3 is 125 Å². The smallest absolute Gasteiger partial charge is 0.316 e. The van der Waals surface area contributed by atoms with Crippen molar-refractivity contribution in [1.82, 2.24) is 0 Å². The van der Waals surface area contributed by atoms with E-state index in [1.807, 2.05) is 93.5 Å². The van der Waals surface area contributed by atoms with Crippen molar-refractivity contribution in [3.05, 3.63) is 94.2 Å². The first kappa shape index (κ1) is 90.8. The van der Waals surface area contributed by atoms with Crippen LogP contribution in [0.4, 0.5) is 0 Å². The highest BCUT2D eigenvalue weighted by Crippen LogP contribution is 2.52. The van der Waals surface area contributed by atoms with Crippen molar-refractivity contribution in [3.63, 3.8) is 0 Å². The summed E-state index contributed by atoms with van der Waals surface area (Å²) in [6, 6.07) is 0. The summed E-state index contributed by atoms with van der Waals surface area (Å²) < 4.78 is 164. The van der Waals surface area contributed by atoms with Crippen molar-refractivity contribution in [2.45, 2.75) is 401 Å². The highest BCUT2D eigenvalue weighted by Gasteiger charge is 2.63. The lowest BCUT2D eigenvalue weighted by Crippen LogP contribution is -2.58. The van der Waals surface area contributed by atoms with E-state index in [0.29, 0.717) is 60.8 Å². The standard InChI is InChI=1S/C48H74O14.C47H72O14/c1-11-25(2)43-28(5)17-18-47(62-43)23-34-20-33(61-47)16-15-27(4)42(26(3)13-12-14-32-24-55-45-40(49)29(6)19-35(46(51)58-34)48(32,45)52)59-39-22-37(54-10)44(31(8)57-39)60-38-21-36(53-9)41(50)30(7)56-38;1-24(2)41-27(5)16-17-46(61-41)22-33-19-32(60-46)15-14-26(4)42(25(3)12-11-13-31-23-54-44-39(48)28(6)18-34(45(50)57-33)47(31,44)51)58-38-21-36(53-10)43(30(8)56-38)59-37-20-35(52-9)40(49)29(7)55-37/h12-15,19,25-26,28,30-31,33-45,49-50,52H,11,16-18,20-24H2,1-10H3;11-14,18,24-25,27,29-30,32-44,48-49,51H,15-17,19-23H2,1-10H3/t25-,26-,28-,30-,31-,33+,34-,35-,36-,37-,38-,39-,40+,41-,42-,43+,44-,45+,47+,48+;25-,27-,29-,30-,32+,33-,34-,35-,36-,37-,38-,39+,40-,41+,42-,43-,44+,46+,47+/m00/s1/i17D,18D;16D,17D/t17?,18?,25-,26-,28-,30-,31-,33+,34-,35-,36-,37-,38-,39-,40+,41-,42-,43+,44-,45+,47+,48+;16?,17?,25-,27-,29-,30-,32+,33-,34-,35-,36-,37-,38-,39+,40-,41+,42-,43-,44+,46+,47+. The van der Waals surface area contributed by atoms with Crippen LogP contribution in [0.3, 0.4) is 0 Å². The number of allylic oxidation sites excluding steroid dienone is 4. The van der Waals surface area contributed by atoms with E-state index in [1.165, 1.54) is 0 Å². The molecule has 2 aliphatic carbocycles. The highest BCUT2D eigenvalue weighted by atomic mass is 16.8. The van der Waals surface area contributed by atoms with E-state index in [1.54, 1.807) is 80.4 Å². The van der Waals surface area contributed by atoms with Crippen LogP contribution in [0.25, 0.3) is 0 Å². The van der Waals surface area contributed by atoms with Crippen molar-refractivity contribution >= 4 is 11.9 Å². The van der Waals surface area contributed by atoms with Crippen LogP contribution in [-0.2, 0) is 104 Å². The summed E-state index contributed by atoms with van der Waals surface area (Å²) in [4.78, 5) is 28.8. The number of rotatable bonds is 15. The van der Waals surface area contributed by atoms with Gasteiger partial charge in [-0.1, -0.05) is 123 Å². The molecule has 0 aromatic heterocycles. The molecule has 10 fully saturated rings. The van der Waals surface area contributed by atoms with Crippen molar-refractivity contribution < 1.29 is 140 Å². The first-order valence-corrected chi connectivity index (χ1v) is 45.2. The van der Waals surface area contributed by atoms with Crippen molar-refractivity contribution in [1.29, 1.82) is 0 Å². The zero-order chi connectivity index (χ0) is 92.1. The Hall–Kier alpha value is -4.10. The fourth-order valence-corrected chi connectivity index (χ4v) is 21.0. The molecule has 12 aliphatic heterocycles. The van der Waals surface area contributed by atoms with Gasteiger partial charge in [0, 0.05) is 110 Å². The second-order valence-corrected chi connectivity index (χ2v) is 37.8. The topological polar surface area (TPSA) is 340 Å². The van der Waals surface area contributed by atoms with Gasteiger partial charge in [0.2, 0.25) is 0 Å². The van der Waals surface area contributed by atoms with Gasteiger partial charge in [-0.25, -0.2) is 0 Å². The third kappa shape index (κ3) is 20.8. The van der Waals surface area contributed by atoms with Crippen LogP contribution in [0.2, 0.25) is 0 Å². The van der Waals surface area contributed by atoms with Crippen molar-refractivity contribution in [2.24, 2.45) is 47.3 Å². The van der Waals surface area contributed by atoms with E-state index in [-0.39, 0.29) is 86.6 Å². The Balaban J connectivity index is 0.000000217. The number of aliphatic hydroxyl groups is 6. The summed E-state index contributed by atoms with van der Waals surface area (Å²) in [6.07, 6.45) is 0.427. The number of carbonyl (C=O) groups excluding carboxylic acids is 2. The molecule has 4 bridgehead atoms. The number of hydrogen-bond donors (Lipinski definition) is 6. The van der Waals surface area contributed by atoms with Crippen molar-refractivity contribution in [2.75, 3.05) is 41.7 Å². The molecule has 43 atom stereocenters. The zero-order valence-electron chi connectivity index (χ0n) is 79.7. The molecule has 28 nitrogen and oxygen atoms in total. The second kappa shape index (κ2) is 40.7. The predicted molar refractivity (Wildman–Crippen MR) is 450 cm³/mol. The first-order valence-electron chi connectivity index (χ1n) is 47.5. The van der Waals surface area contributed by atoms with Gasteiger partial charge in [-0.05, 0) is 138 Å². The SMILES string of the molecule is [2H]C1C([2H])[C@]2(C[C@@H]3C[C@@H](CC=C(C)[C@@H](O[C@H]4C[C@H](OC)[C@@H](O[C@H]5C[C@H](OC)[C@@H](O)[C@H](C)O5)[C@H](C)O4)[C@@H](C)C=CC=C4CO[C@@H]5[C@H](O)C(C)=C[C@@H](C(=O)O3)[C@]45O)O2)O[C@H](C(C)C)[C@H]1C.[2H]C1C([2H])[C@]2(C[C@@H]3C[C@@H](CC=C(C)[C@@H](O[C@H]4C[C@H](OC)[C@@H](O[C@H]5C[C@H](OC)[C@@H](O)[C@H](C)O5)[C@H](C)O4)[C@@H](C)C=CC=C4CO[C@@H]5[C@H](O)C(C)=C[C@@H](C(=O)O3)[C@]45O)O2)O[C@H]([C@@H](C)CC)[C@H]1C. The van der Waals surface area contributed by atoms with Crippen LogP contribution in [0.15, 0.2) is 94.2 Å². The molecule has 4 unspecified atom stereocenters. The number of hydrogen-bond acceptors (Lipinski definition) is 28. The second-order valence-electron chi connectivity index (χ2n) is 37.8. The Morgan fingerprint density at radius 1 is 0.488 bits per heavy atom. The maximum atomic E-state index is 14.4. The van der Waals surface area contributed by atoms with Gasteiger partial charge in [-0.2, -0.15) is 0 Å². The molecule has 14 aliphatic rings. The van der Waals surface area contributed by atoms with E-state index in [0.717, 1.165) is 17.6 Å². The Labute approximate surface area is 733 Å². The summed E-state index contributed by atoms with van der Waals surface area (Å²) in [6.45, 7) is 30.9. The maximum absolute atomic E-state index is 14.4. The lowest BCUT2D eigenvalue weighted by atomic mass is 9.71. The third-order valence-electron chi connectivity index (χ3n) is 28.5. The van der Waals surface area contributed by atoms with Crippen molar-refractivity contribution in [3.8, 4) is 0 Å². The number of fused-ring (bicyclic) bond motifs is 4. The normalized spacial score (nSPS) is 50.1. The molecule has 0 radical (unpaired) electrons. The molecule has 2 spiro atoms. The number of ether oxygens (including phenoxy) is 20. The Morgan fingerprint density at radius 3 is 1.25 bits per heavy atom. The fourth-order valence-electron chi connectivity index (χ4n) is 21.0. The highest BCUT2D eigenvalue weighted by molar-refractivity contribution is 5.79. The number of aliphatic hydroxyl groups excluding tert-OH is 4. The largest absolute Gasteiger partial charge is 0.462 e. The van der Waals surface area contributed by atoms with Crippen LogP contribution >= 0.6 is 0 Å². The maximum Gasteiger partial charge on any atom is 0.316 e. The molecule has 6 N–H and O–H groups in total. The third-order valence-corrected chi connectivity index (χ3v) is 28.5. The molecule has 0 saturated carbocycles. The van der Waals surface area contributed by atoms with Crippen LogP contribution in [-0.4, -0.2) is 279 Å². The average Bonchev–Trinajstić information content (AvgIpc) is 1.63. The Morgan fingerprint density at radius 2 is 0.862 bits per heavy atom. The molecule has 0 aromatic carbocycles. The molecule has 694 valence electrons. The Kier molecular flexibility index (Phi) is 30.1. The molecule has 12 heterocycles. The van der Waals surface area contributed by atoms with Crippen LogP contribution in [0.5, 0.6) is 0 Å². The van der Waals surface area contributed by atoms with Gasteiger partial charge in [-0.15, -0.1) is 0 Å². The summed E-state index contributed by atoms with van der Waals surface area (Å²) >= 11 is 0.